The number of likely N-dealkylation sites (tertiary alicyclic amines) is 1. The average molecular weight is 421 g/mol. The van der Waals surface area contributed by atoms with Crippen molar-refractivity contribution in [2.75, 3.05) is 11.9 Å². The maximum absolute atomic E-state index is 12.8. The lowest BCUT2D eigenvalue weighted by Crippen LogP contribution is -2.43. The molecule has 6 heteroatoms. The van der Waals surface area contributed by atoms with Crippen LogP contribution in [0.25, 0.3) is 0 Å². The first kappa shape index (κ1) is 20.3. The molecule has 0 radical (unpaired) electrons. The highest BCUT2D eigenvalue weighted by Gasteiger charge is 2.35. The Hall–Kier alpha value is -2.99. The Morgan fingerprint density at radius 3 is 2.60 bits per heavy atom. The third kappa shape index (κ3) is 4.44. The summed E-state index contributed by atoms with van der Waals surface area (Å²) in [7, 11) is 0. The third-order valence-corrected chi connectivity index (χ3v) is 6.41. The number of hydrogen-bond donors (Lipinski definition) is 1. The van der Waals surface area contributed by atoms with Crippen LogP contribution in [0.2, 0.25) is 0 Å². The van der Waals surface area contributed by atoms with E-state index in [1.54, 1.807) is 28.8 Å². The first-order chi connectivity index (χ1) is 14.5. The number of aryl methyl sites for hydroxylation is 2. The van der Waals surface area contributed by atoms with E-state index in [-0.39, 0.29) is 17.6 Å². The van der Waals surface area contributed by atoms with Crippen LogP contribution in [0.1, 0.15) is 34.5 Å². The van der Waals surface area contributed by atoms with Crippen molar-refractivity contribution in [1.29, 1.82) is 0 Å². The van der Waals surface area contributed by atoms with Crippen molar-refractivity contribution in [1.82, 2.24) is 4.90 Å². The van der Waals surface area contributed by atoms with Crippen LogP contribution >= 0.6 is 11.8 Å². The summed E-state index contributed by atoms with van der Waals surface area (Å²) in [5, 5.41) is 2.95. The summed E-state index contributed by atoms with van der Waals surface area (Å²) in [6.07, 6.45) is 2.92. The number of benzene rings is 2. The Bertz CT molecular complexity index is 1040. The molecule has 154 valence electrons. The Balaban J connectivity index is 1.40. The zero-order valence-electron chi connectivity index (χ0n) is 17.1. The molecule has 1 aliphatic heterocycles. The van der Waals surface area contributed by atoms with Gasteiger partial charge in [-0.15, -0.1) is 0 Å². The Kier molecular flexibility index (Phi) is 5.95. The second kappa shape index (κ2) is 8.79. The largest absolute Gasteiger partial charge is 0.459 e. The molecule has 4 rings (SSSR count). The lowest BCUT2D eigenvalue weighted by molar-refractivity contribution is -0.119. The number of hydrogen-bond acceptors (Lipinski definition) is 4. The summed E-state index contributed by atoms with van der Waals surface area (Å²) in [5.41, 5.74) is 3.23. The second-order valence-corrected chi connectivity index (χ2v) is 8.63. The molecule has 1 atom stereocenters. The molecule has 1 aromatic heterocycles. The molecule has 0 aliphatic carbocycles. The van der Waals surface area contributed by atoms with Crippen molar-refractivity contribution >= 4 is 29.3 Å². The second-order valence-electron chi connectivity index (χ2n) is 7.52. The molecule has 30 heavy (non-hydrogen) atoms. The highest BCUT2D eigenvalue weighted by Crippen LogP contribution is 2.31. The van der Waals surface area contributed by atoms with E-state index in [2.05, 4.69) is 37.4 Å². The number of carbonyl (C=O) groups excluding carboxylic acids is 2. The Morgan fingerprint density at radius 1 is 1.10 bits per heavy atom. The molecule has 0 saturated carbocycles. The van der Waals surface area contributed by atoms with Crippen LogP contribution in [0, 0.1) is 13.8 Å². The van der Waals surface area contributed by atoms with E-state index in [1.165, 1.54) is 22.3 Å². The fraction of sp³-hybridized carbons (Fsp3) is 0.250. The summed E-state index contributed by atoms with van der Waals surface area (Å²) >= 11 is 1.70. The molecule has 5 nitrogen and oxygen atoms in total. The first-order valence-electron chi connectivity index (χ1n) is 10.0. The number of nitrogens with zero attached hydrogens (tertiary/aromatic N) is 1. The molecule has 2 amide bonds. The van der Waals surface area contributed by atoms with Crippen molar-refractivity contribution in [3.8, 4) is 0 Å². The smallest absolute Gasteiger partial charge is 0.290 e. The van der Waals surface area contributed by atoms with Gasteiger partial charge in [0, 0.05) is 22.0 Å². The summed E-state index contributed by atoms with van der Waals surface area (Å²) in [5.74, 6) is -0.137. The SMILES string of the molecule is Cc1ccc(Sc2ccc(NC(=O)C3CCCN3C(=O)c3ccco3)cc2)c(C)c1. The summed E-state index contributed by atoms with van der Waals surface area (Å²) in [6.45, 7) is 4.76. The van der Waals surface area contributed by atoms with Gasteiger partial charge >= 0.3 is 0 Å². The predicted molar refractivity (Wildman–Crippen MR) is 118 cm³/mol. The van der Waals surface area contributed by atoms with E-state index in [1.807, 2.05) is 24.3 Å². The molecular weight excluding hydrogens is 396 g/mol. The number of carbonyl (C=O) groups is 2. The molecule has 2 aromatic carbocycles. The van der Waals surface area contributed by atoms with Crippen LogP contribution in [0.3, 0.4) is 0 Å². The summed E-state index contributed by atoms with van der Waals surface area (Å²) in [6, 6.07) is 17.0. The van der Waals surface area contributed by atoms with Crippen molar-refractivity contribution < 1.29 is 14.0 Å². The Morgan fingerprint density at radius 2 is 1.90 bits per heavy atom. The number of furan rings is 1. The van der Waals surface area contributed by atoms with Crippen molar-refractivity contribution in [3.63, 3.8) is 0 Å². The van der Waals surface area contributed by atoms with Gasteiger partial charge < -0.3 is 14.6 Å². The summed E-state index contributed by atoms with van der Waals surface area (Å²) in [4.78, 5) is 29.3. The van der Waals surface area contributed by atoms with Crippen LogP contribution in [-0.4, -0.2) is 29.3 Å². The van der Waals surface area contributed by atoms with E-state index in [0.29, 0.717) is 13.0 Å². The molecule has 0 spiro atoms. The minimum atomic E-state index is -0.480. The van der Waals surface area contributed by atoms with Crippen molar-refractivity contribution in [2.24, 2.45) is 0 Å². The lowest BCUT2D eigenvalue weighted by Gasteiger charge is -2.23. The van der Waals surface area contributed by atoms with E-state index in [4.69, 9.17) is 4.42 Å². The van der Waals surface area contributed by atoms with Crippen LogP contribution in [-0.2, 0) is 4.79 Å². The highest BCUT2D eigenvalue weighted by molar-refractivity contribution is 7.99. The van der Waals surface area contributed by atoms with Gasteiger partial charge in [-0.3, -0.25) is 9.59 Å². The van der Waals surface area contributed by atoms with E-state index < -0.39 is 6.04 Å². The summed E-state index contributed by atoms with van der Waals surface area (Å²) < 4.78 is 5.21. The zero-order valence-corrected chi connectivity index (χ0v) is 17.9. The van der Waals surface area contributed by atoms with Crippen molar-refractivity contribution in [3.05, 3.63) is 77.7 Å². The third-order valence-electron chi connectivity index (χ3n) is 5.23. The molecule has 1 unspecified atom stereocenters. The molecule has 0 bridgehead atoms. The normalized spacial score (nSPS) is 15.9. The van der Waals surface area contributed by atoms with Gasteiger partial charge in [-0.05, 0) is 74.7 Å². The first-order valence-corrected chi connectivity index (χ1v) is 10.8. The molecule has 1 aliphatic rings. The number of anilines is 1. The van der Waals surface area contributed by atoms with Gasteiger partial charge in [0.1, 0.15) is 6.04 Å². The topological polar surface area (TPSA) is 62.6 Å². The molecule has 2 heterocycles. The van der Waals surface area contributed by atoms with Gasteiger partial charge in [0.25, 0.3) is 5.91 Å². The van der Waals surface area contributed by atoms with E-state index >= 15 is 0 Å². The van der Waals surface area contributed by atoms with Gasteiger partial charge in [0.15, 0.2) is 5.76 Å². The number of rotatable bonds is 5. The average Bonchev–Trinajstić information content (AvgIpc) is 3.43. The fourth-order valence-corrected chi connectivity index (χ4v) is 4.58. The monoisotopic (exact) mass is 420 g/mol. The standard InChI is InChI=1S/C24H24N2O3S/c1-16-7-12-22(17(2)15-16)30-19-10-8-18(9-11-19)25-23(27)20-5-3-13-26(20)24(28)21-6-4-14-29-21/h4,6-12,14-15,20H,3,5,13H2,1-2H3,(H,25,27). The molecule has 1 fully saturated rings. The van der Waals surface area contributed by atoms with E-state index in [9.17, 15) is 9.59 Å². The quantitative estimate of drug-likeness (QED) is 0.609. The fourth-order valence-electron chi connectivity index (χ4n) is 3.70. The van der Waals surface area contributed by atoms with E-state index in [0.717, 1.165) is 17.0 Å². The Labute approximate surface area is 180 Å². The highest BCUT2D eigenvalue weighted by atomic mass is 32.2. The molecule has 1 saturated heterocycles. The maximum atomic E-state index is 12.8. The van der Waals surface area contributed by atoms with Gasteiger partial charge in [-0.1, -0.05) is 29.5 Å². The maximum Gasteiger partial charge on any atom is 0.290 e. The zero-order chi connectivity index (χ0) is 21.1. The molecular formula is C24H24N2O3S. The number of nitrogens with one attached hydrogen (secondary N) is 1. The van der Waals surface area contributed by atoms with Crippen LogP contribution in [0.5, 0.6) is 0 Å². The predicted octanol–water partition coefficient (Wildman–Crippen LogP) is 5.29. The van der Waals surface area contributed by atoms with Gasteiger partial charge in [-0.25, -0.2) is 0 Å². The van der Waals surface area contributed by atoms with Gasteiger partial charge in [0.05, 0.1) is 6.26 Å². The van der Waals surface area contributed by atoms with Crippen LogP contribution < -0.4 is 5.32 Å². The minimum absolute atomic E-state index is 0.165. The molecule has 3 aromatic rings. The lowest BCUT2D eigenvalue weighted by atomic mass is 10.2. The van der Waals surface area contributed by atoms with Gasteiger partial charge in [0.2, 0.25) is 5.91 Å². The van der Waals surface area contributed by atoms with Crippen LogP contribution in [0.15, 0.2) is 75.1 Å². The van der Waals surface area contributed by atoms with Gasteiger partial charge in [-0.2, -0.15) is 0 Å². The van der Waals surface area contributed by atoms with Crippen LogP contribution in [0.4, 0.5) is 5.69 Å². The minimum Gasteiger partial charge on any atom is -0.459 e. The molecule has 1 N–H and O–H groups in total. The van der Waals surface area contributed by atoms with Crippen molar-refractivity contribution in [2.45, 2.75) is 42.5 Å². The number of amides is 2.